The number of ether oxygens (including phenoxy) is 1. The Bertz CT molecular complexity index is 846. The van der Waals surface area contributed by atoms with E-state index in [-0.39, 0.29) is 12.2 Å². The molecule has 3 aromatic rings. The zero-order valence-corrected chi connectivity index (χ0v) is 11.5. The molecule has 2 aromatic carbocycles. The number of para-hydroxylation sites is 1. The molecule has 1 heterocycles. The van der Waals surface area contributed by atoms with Crippen LogP contribution in [-0.2, 0) is 6.42 Å². The Labute approximate surface area is 121 Å². The number of fused-ring (bicyclic) bond motifs is 1. The average Bonchev–Trinajstić information content (AvgIpc) is 2.86. The molecule has 104 valence electrons. The van der Waals surface area contributed by atoms with Crippen LogP contribution in [0.15, 0.2) is 42.5 Å². The predicted molar refractivity (Wildman–Crippen MR) is 79.6 cm³/mol. The standard InChI is InChI=1S/C17H13FN2O/c1-21-16-5-3-2-4-13(16)17-12(8-9-19)14-10-11(18)6-7-15(14)20-17/h2-7,10,20H,8H2,1H3. The van der Waals surface area contributed by atoms with E-state index in [0.717, 1.165) is 27.7 Å². The minimum absolute atomic E-state index is 0.205. The third-order valence-corrected chi connectivity index (χ3v) is 3.50. The van der Waals surface area contributed by atoms with E-state index in [1.54, 1.807) is 13.2 Å². The number of methoxy groups -OCH3 is 1. The van der Waals surface area contributed by atoms with Gasteiger partial charge in [0.1, 0.15) is 11.6 Å². The molecule has 3 rings (SSSR count). The van der Waals surface area contributed by atoms with Gasteiger partial charge in [-0.3, -0.25) is 0 Å². The number of nitrogens with one attached hydrogen (secondary N) is 1. The molecule has 0 bridgehead atoms. The summed E-state index contributed by atoms with van der Waals surface area (Å²) in [7, 11) is 1.60. The van der Waals surface area contributed by atoms with Crippen LogP contribution in [-0.4, -0.2) is 12.1 Å². The number of aromatic amines is 1. The fraction of sp³-hybridized carbons (Fsp3) is 0.118. The van der Waals surface area contributed by atoms with Crippen molar-refractivity contribution in [3.05, 3.63) is 53.8 Å². The van der Waals surface area contributed by atoms with E-state index in [2.05, 4.69) is 11.1 Å². The average molecular weight is 280 g/mol. The zero-order chi connectivity index (χ0) is 14.8. The maximum absolute atomic E-state index is 13.5. The molecular formula is C17H13FN2O. The van der Waals surface area contributed by atoms with E-state index in [0.29, 0.717) is 5.75 Å². The summed E-state index contributed by atoms with van der Waals surface area (Å²) < 4.78 is 18.9. The molecule has 0 saturated carbocycles. The number of hydrogen-bond donors (Lipinski definition) is 1. The van der Waals surface area contributed by atoms with Gasteiger partial charge in [0.25, 0.3) is 0 Å². The van der Waals surface area contributed by atoms with Crippen molar-refractivity contribution < 1.29 is 9.13 Å². The number of nitrogens with zero attached hydrogens (tertiary/aromatic N) is 1. The van der Waals surface area contributed by atoms with Crippen molar-refractivity contribution in [3.63, 3.8) is 0 Å². The van der Waals surface area contributed by atoms with Gasteiger partial charge in [0.05, 0.1) is 25.3 Å². The van der Waals surface area contributed by atoms with Crippen molar-refractivity contribution in [2.75, 3.05) is 7.11 Å². The summed E-state index contributed by atoms with van der Waals surface area (Å²) in [4.78, 5) is 3.27. The summed E-state index contributed by atoms with van der Waals surface area (Å²) in [6, 6.07) is 14.3. The summed E-state index contributed by atoms with van der Waals surface area (Å²) in [6.07, 6.45) is 0.205. The third kappa shape index (κ3) is 2.23. The number of rotatable bonds is 3. The van der Waals surface area contributed by atoms with Crippen molar-refractivity contribution in [1.29, 1.82) is 5.26 Å². The summed E-state index contributed by atoms with van der Waals surface area (Å²) >= 11 is 0. The lowest BCUT2D eigenvalue weighted by molar-refractivity contribution is 0.416. The number of benzene rings is 2. The molecule has 21 heavy (non-hydrogen) atoms. The minimum Gasteiger partial charge on any atom is -0.496 e. The van der Waals surface area contributed by atoms with Crippen LogP contribution in [0.4, 0.5) is 4.39 Å². The molecule has 0 aliphatic heterocycles. The van der Waals surface area contributed by atoms with Gasteiger partial charge in [-0.1, -0.05) is 12.1 Å². The maximum Gasteiger partial charge on any atom is 0.128 e. The van der Waals surface area contributed by atoms with Crippen LogP contribution in [0.25, 0.3) is 22.2 Å². The van der Waals surface area contributed by atoms with Gasteiger partial charge < -0.3 is 9.72 Å². The van der Waals surface area contributed by atoms with E-state index in [4.69, 9.17) is 10.00 Å². The molecule has 0 unspecified atom stereocenters. The van der Waals surface area contributed by atoms with Gasteiger partial charge >= 0.3 is 0 Å². The highest BCUT2D eigenvalue weighted by Crippen LogP contribution is 2.35. The number of halogens is 1. The quantitative estimate of drug-likeness (QED) is 0.786. The van der Waals surface area contributed by atoms with Crippen molar-refractivity contribution in [2.45, 2.75) is 6.42 Å². The van der Waals surface area contributed by atoms with Crippen LogP contribution >= 0.6 is 0 Å². The predicted octanol–water partition coefficient (Wildman–Crippen LogP) is 4.05. The Morgan fingerprint density at radius 1 is 1.24 bits per heavy atom. The summed E-state index contributed by atoms with van der Waals surface area (Å²) in [5.41, 5.74) is 3.26. The van der Waals surface area contributed by atoms with Gasteiger partial charge in [-0.2, -0.15) is 5.26 Å². The Hall–Kier alpha value is -2.80. The first-order valence-electron chi connectivity index (χ1n) is 6.55. The normalized spacial score (nSPS) is 10.5. The topological polar surface area (TPSA) is 48.8 Å². The second-order valence-electron chi connectivity index (χ2n) is 4.70. The van der Waals surface area contributed by atoms with Gasteiger partial charge in [-0.05, 0) is 35.9 Å². The van der Waals surface area contributed by atoms with Gasteiger partial charge in [-0.25, -0.2) is 4.39 Å². The van der Waals surface area contributed by atoms with Crippen molar-refractivity contribution in [3.8, 4) is 23.1 Å². The Kier molecular flexibility index (Phi) is 3.33. The van der Waals surface area contributed by atoms with Crippen LogP contribution in [0.3, 0.4) is 0 Å². The first-order chi connectivity index (χ1) is 10.2. The van der Waals surface area contributed by atoms with E-state index >= 15 is 0 Å². The second-order valence-corrected chi connectivity index (χ2v) is 4.70. The molecule has 0 spiro atoms. The molecule has 0 aliphatic rings. The maximum atomic E-state index is 13.5. The molecular weight excluding hydrogens is 267 g/mol. The molecule has 0 saturated heterocycles. The van der Waals surface area contributed by atoms with E-state index < -0.39 is 0 Å². The molecule has 1 aromatic heterocycles. The lowest BCUT2D eigenvalue weighted by Gasteiger charge is -2.08. The summed E-state index contributed by atoms with van der Waals surface area (Å²) in [5.74, 6) is 0.399. The molecule has 0 radical (unpaired) electrons. The lowest BCUT2D eigenvalue weighted by Crippen LogP contribution is -1.91. The summed E-state index contributed by atoms with van der Waals surface area (Å²) in [5, 5.41) is 9.81. The molecule has 3 nitrogen and oxygen atoms in total. The van der Waals surface area contributed by atoms with Crippen molar-refractivity contribution >= 4 is 10.9 Å². The Balaban J connectivity index is 2.31. The first kappa shape index (κ1) is 13.2. The highest BCUT2D eigenvalue weighted by Gasteiger charge is 2.16. The number of hydrogen-bond acceptors (Lipinski definition) is 2. The molecule has 0 atom stereocenters. The fourth-order valence-electron chi connectivity index (χ4n) is 2.56. The van der Waals surface area contributed by atoms with Gasteiger partial charge in [0.15, 0.2) is 0 Å². The lowest BCUT2D eigenvalue weighted by atomic mass is 10.0. The molecule has 0 aliphatic carbocycles. The van der Waals surface area contributed by atoms with E-state index in [1.165, 1.54) is 12.1 Å². The fourth-order valence-corrected chi connectivity index (χ4v) is 2.56. The van der Waals surface area contributed by atoms with Crippen LogP contribution in [0.2, 0.25) is 0 Å². The molecule has 4 heteroatoms. The third-order valence-electron chi connectivity index (χ3n) is 3.50. The molecule has 1 N–H and O–H groups in total. The monoisotopic (exact) mass is 280 g/mol. The second kappa shape index (κ2) is 5.29. The molecule has 0 amide bonds. The SMILES string of the molecule is COc1ccccc1-c1[nH]c2ccc(F)cc2c1CC#N. The largest absolute Gasteiger partial charge is 0.496 e. The Morgan fingerprint density at radius 2 is 2.05 bits per heavy atom. The van der Waals surface area contributed by atoms with Gasteiger partial charge in [-0.15, -0.1) is 0 Å². The zero-order valence-electron chi connectivity index (χ0n) is 11.5. The van der Waals surface area contributed by atoms with E-state index in [1.807, 2.05) is 24.3 Å². The van der Waals surface area contributed by atoms with Crippen LogP contribution in [0, 0.1) is 17.1 Å². The highest BCUT2D eigenvalue weighted by molar-refractivity contribution is 5.92. The van der Waals surface area contributed by atoms with E-state index in [9.17, 15) is 4.39 Å². The number of nitriles is 1. The van der Waals surface area contributed by atoms with Crippen molar-refractivity contribution in [1.82, 2.24) is 4.98 Å². The van der Waals surface area contributed by atoms with Gasteiger partial charge in [0, 0.05) is 16.5 Å². The Morgan fingerprint density at radius 3 is 2.81 bits per heavy atom. The number of H-pyrrole nitrogens is 1. The first-order valence-corrected chi connectivity index (χ1v) is 6.55. The summed E-state index contributed by atoms with van der Waals surface area (Å²) in [6.45, 7) is 0. The van der Waals surface area contributed by atoms with Crippen LogP contribution in [0.5, 0.6) is 5.75 Å². The smallest absolute Gasteiger partial charge is 0.128 e. The van der Waals surface area contributed by atoms with Crippen molar-refractivity contribution in [2.24, 2.45) is 0 Å². The van der Waals surface area contributed by atoms with Crippen LogP contribution in [0.1, 0.15) is 5.56 Å². The highest BCUT2D eigenvalue weighted by atomic mass is 19.1. The van der Waals surface area contributed by atoms with Crippen LogP contribution < -0.4 is 4.74 Å². The van der Waals surface area contributed by atoms with Gasteiger partial charge in [0.2, 0.25) is 0 Å². The molecule has 0 fully saturated rings. The minimum atomic E-state index is -0.313. The number of aromatic nitrogens is 1.